The summed E-state index contributed by atoms with van der Waals surface area (Å²) in [6.07, 6.45) is 0.256. The van der Waals surface area contributed by atoms with Gasteiger partial charge in [0.2, 0.25) is 5.91 Å². The van der Waals surface area contributed by atoms with E-state index in [4.69, 9.17) is 9.47 Å². The lowest BCUT2D eigenvalue weighted by Gasteiger charge is -2.25. The van der Waals surface area contributed by atoms with Crippen LogP contribution in [0.2, 0.25) is 0 Å². The molecular weight excluding hydrogens is 461 g/mol. The summed E-state index contributed by atoms with van der Waals surface area (Å²) in [4.78, 5) is 21.8. The molecule has 2 aromatic carbocycles. The average Bonchev–Trinajstić information content (AvgIpc) is 3.18. The fourth-order valence-electron chi connectivity index (χ4n) is 4.57. The SMILES string of the molecule is COc1cc([C@H]2CC(=O)Nc3c2c(C)nn3-c2nc(C)cc(C)n2)ccc1OCc1ccccc1F. The first-order valence-electron chi connectivity index (χ1n) is 11.6. The first kappa shape index (κ1) is 23.5. The second-order valence-corrected chi connectivity index (χ2v) is 8.81. The highest BCUT2D eigenvalue weighted by Gasteiger charge is 2.33. The molecule has 3 heterocycles. The smallest absolute Gasteiger partial charge is 0.252 e. The number of halogens is 1. The second-order valence-electron chi connectivity index (χ2n) is 8.81. The number of aromatic nitrogens is 4. The van der Waals surface area contributed by atoms with E-state index in [-0.39, 0.29) is 30.7 Å². The Morgan fingerprint density at radius 3 is 2.53 bits per heavy atom. The number of anilines is 1. The Labute approximate surface area is 208 Å². The minimum absolute atomic E-state index is 0.0696. The maximum absolute atomic E-state index is 14.0. The van der Waals surface area contributed by atoms with Gasteiger partial charge in [0.05, 0.1) is 12.8 Å². The van der Waals surface area contributed by atoms with E-state index in [1.165, 1.54) is 6.07 Å². The molecular formula is C27H26FN5O3. The molecule has 9 heteroatoms. The lowest BCUT2D eigenvalue weighted by molar-refractivity contribution is -0.116. The third-order valence-electron chi connectivity index (χ3n) is 6.19. The Kier molecular flexibility index (Phi) is 6.13. The zero-order valence-corrected chi connectivity index (χ0v) is 20.5. The number of nitrogens with one attached hydrogen (secondary N) is 1. The van der Waals surface area contributed by atoms with Crippen molar-refractivity contribution < 1.29 is 18.7 Å². The number of hydrogen-bond acceptors (Lipinski definition) is 6. The normalized spacial score (nSPS) is 14.8. The number of rotatable bonds is 6. The predicted octanol–water partition coefficient (Wildman–Crippen LogP) is 4.79. The van der Waals surface area contributed by atoms with E-state index in [9.17, 15) is 9.18 Å². The van der Waals surface area contributed by atoms with Crippen molar-refractivity contribution >= 4 is 11.7 Å². The first-order valence-corrected chi connectivity index (χ1v) is 11.6. The van der Waals surface area contributed by atoms with Gasteiger partial charge in [-0.3, -0.25) is 4.79 Å². The summed E-state index contributed by atoms with van der Waals surface area (Å²) in [5, 5.41) is 7.63. The average molecular weight is 488 g/mol. The number of hydrogen-bond donors (Lipinski definition) is 1. The zero-order chi connectivity index (χ0) is 25.4. The standard InChI is InChI=1S/C27H26FN5O3/c1-15-11-16(2)30-27(29-15)33-26-25(17(3)32-33)20(13-24(34)31-26)18-9-10-22(23(12-18)35-4)36-14-19-7-5-6-8-21(19)28/h5-12,20H,13-14H2,1-4H3,(H,31,34)/t20-/m1/s1. The van der Waals surface area contributed by atoms with Gasteiger partial charge in [0, 0.05) is 34.9 Å². The number of aryl methyl sites for hydroxylation is 3. The van der Waals surface area contributed by atoms with Crippen LogP contribution in [-0.2, 0) is 11.4 Å². The van der Waals surface area contributed by atoms with E-state index in [1.807, 2.05) is 39.0 Å². The third-order valence-corrected chi connectivity index (χ3v) is 6.19. The van der Waals surface area contributed by atoms with Crippen LogP contribution in [0.15, 0.2) is 48.5 Å². The largest absolute Gasteiger partial charge is 0.493 e. The van der Waals surface area contributed by atoms with Crippen molar-refractivity contribution in [2.45, 2.75) is 39.7 Å². The van der Waals surface area contributed by atoms with Crippen molar-refractivity contribution in [1.29, 1.82) is 0 Å². The molecule has 1 N–H and O–H groups in total. The van der Waals surface area contributed by atoms with Crippen LogP contribution >= 0.6 is 0 Å². The van der Waals surface area contributed by atoms with Crippen LogP contribution in [0.3, 0.4) is 0 Å². The number of benzene rings is 2. The lowest BCUT2D eigenvalue weighted by Crippen LogP contribution is -2.25. The molecule has 1 aliphatic rings. The van der Waals surface area contributed by atoms with Crippen molar-refractivity contribution in [1.82, 2.24) is 19.7 Å². The Balaban J connectivity index is 1.50. The molecule has 0 fully saturated rings. The number of fused-ring (bicyclic) bond motifs is 1. The Morgan fingerprint density at radius 1 is 1.06 bits per heavy atom. The van der Waals surface area contributed by atoms with Gasteiger partial charge in [0.25, 0.3) is 5.95 Å². The molecule has 1 atom stereocenters. The molecule has 0 saturated heterocycles. The molecule has 36 heavy (non-hydrogen) atoms. The van der Waals surface area contributed by atoms with Crippen LogP contribution in [-0.4, -0.2) is 32.8 Å². The molecule has 4 aromatic rings. The van der Waals surface area contributed by atoms with E-state index in [2.05, 4.69) is 20.4 Å². The van der Waals surface area contributed by atoms with E-state index >= 15 is 0 Å². The highest BCUT2D eigenvalue weighted by Crippen LogP contribution is 2.42. The molecule has 2 aromatic heterocycles. The summed E-state index contributed by atoms with van der Waals surface area (Å²) in [5.41, 5.74) is 4.64. The van der Waals surface area contributed by atoms with E-state index in [0.29, 0.717) is 28.8 Å². The minimum atomic E-state index is -0.325. The van der Waals surface area contributed by atoms with Crippen LogP contribution in [0.5, 0.6) is 11.5 Å². The van der Waals surface area contributed by atoms with Crippen LogP contribution in [0.4, 0.5) is 10.2 Å². The number of methoxy groups -OCH3 is 1. The highest BCUT2D eigenvalue weighted by atomic mass is 19.1. The lowest BCUT2D eigenvalue weighted by atomic mass is 9.85. The quantitative estimate of drug-likeness (QED) is 0.421. The van der Waals surface area contributed by atoms with Crippen LogP contribution in [0.1, 0.15) is 46.1 Å². The fourth-order valence-corrected chi connectivity index (χ4v) is 4.57. The molecule has 0 aliphatic carbocycles. The number of carbonyl (C=O) groups is 1. The van der Waals surface area contributed by atoms with E-state index in [1.54, 1.807) is 36.1 Å². The van der Waals surface area contributed by atoms with E-state index < -0.39 is 0 Å². The predicted molar refractivity (Wildman–Crippen MR) is 132 cm³/mol. The van der Waals surface area contributed by atoms with Gasteiger partial charge in [-0.25, -0.2) is 14.4 Å². The van der Waals surface area contributed by atoms with Crippen molar-refractivity contribution in [3.63, 3.8) is 0 Å². The summed E-state index contributed by atoms with van der Waals surface area (Å²) in [5.74, 6) is 1.26. The molecule has 0 bridgehead atoms. The van der Waals surface area contributed by atoms with Gasteiger partial charge in [0.15, 0.2) is 11.5 Å². The number of nitrogens with zero attached hydrogens (tertiary/aromatic N) is 4. The van der Waals surface area contributed by atoms with Gasteiger partial charge in [-0.1, -0.05) is 24.3 Å². The van der Waals surface area contributed by atoms with Crippen LogP contribution < -0.4 is 14.8 Å². The maximum Gasteiger partial charge on any atom is 0.252 e. The molecule has 1 amide bonds. The second kappa shape index (κ2) is 9.41. The number of ether oxygens (including phenoxy) is 2. The van der Waals surface area contributed by atoms with Gasteiger partial charge < -0.3 is 14.8 Å². The minimum Gasteiger partial charge on any atom is -0.493 e. The zero-order valence-electron chi connectivity index (χ0n) is 20.5. The Bertz CT molecular complexity index is 1450. The summed E-state index contributed by atoms with van der Waals surface area (Å²) in [6, 6.07) is 13.9. The monoisotopic (exact) mass is 487 g/mol. The molecule has 8 nitrogen and oxygen atoms in total. The van der Waals surface area contributed by atoms with Gasteiger partial charge in [-0.2, -0.15) is 9.78 Å². The van der Waals surface area contributed by atoms with Gasteiger partial charge >= 0.3 is 0 Å². The first-order chi connectivity index (χ1) is 17.3. The van der Waals surface area contributed by atoms with Crippen LogP contribution in [0, 0.1) is 26.6 Å². The summed E-state index contributed by atoms with van der Waals surface area (Å²) < 4.78 is 27.0. The highest BCUT2D eigenvalue weighted by molar-refractivity contribution is 5.95. The molecule has 184 valence electrons. The van der Waals surface area contributed by atoms with Crippen molar-refractivity contribution in [3.8, 4) is 17.4 Å². The number of amides is 1. The Hall–Kier alpha value is -4.27. The van der Waals surface area contributed by atoms with E-state index in [0.717, 1.165) is 28.2 Å². The van der Waals surface area contributed by atoms with Crippen molar-refractivity contribution in [2.75, 3.05) is 12.4 Å². The van der Waals surface area contributed by atoms with Crippen molar-refractivity contribution in [2.24, 2.45) is 0 Å². The Morgan fingerprint density at radius 2 is 1.81 bits per heavy atom. The third kappa shape index (κ3) is 4.39. The van der Waals surface area contributed by atoms with Gasteiger partial charge in [0.1, 0.15) is 18.2 Å². The summed E-state index contributed by atoms with van der Waals surface area (Å²) >= 11 is 0. The molecule has 1 aliphatic heterocycles. The van der Waals surface area contributed by atoms with Crippen LogP contribution in [0.25, 0.3) is 5.95 Å². The van der Waals surface area contributed by atoms with Gasteiger partial charge in [-0.05, 0) is 50.6 Å². The molecule has 0 radical (unpaired) electrons. The maximum atomic E-state index is 14.0. The van der Waals surface area contributed by atoms with Crippen molar-refractivity contribution in [3.05, 3.63) is 88.1 Å². The topological polar surface area (TPSA) is 91.2 Å². The molecule has 5 rings (SSSR count). The molecule has 0 saturated carbocycles. The molecule has 0 spiro atoms. The molecule has 0 unspecified atom stereocenters. The number of carbonyl (C=O) groups excluding carboxylic acids is 1. The summed E-state index contributed by atoms with van der Waals surface area (Å²) in [6.45, 7) is 5.76. The summed E-state index contributed by atoms with van der Waals surface area (Å²) in [7, 11) is 1.55. The fraction of sp³-hybridized carbons (Fsp3) is 0.259. The van der Waals surface area contributed by atoms with Gasteiger partial charge in [-0.15, -0.1) is 0 Å².